The lowest BCUT2D eigenvalue weighted by atomic mass is 10.3. The number of carbonyl (C=O) groups excluding carboxylic acids is 1. The Morgan fingerprint density at radius 3 is 2.74 bits per heavy atom. The minimum Gasteiger partial charge on any atom is -0.310 e. The molecule has 2 N–H and O–H groups in total. The Bertz CT molecular complexity index is 1130. The quantitative estimate of drug-likeness (QED) is 0.541. The van der Waals surface area contributed by atoms with Gasteiger partial charge in [-0.15, -0.1) is 22.7 Å². The fourth-order valence-corrected chi connectivity index (χ4v) is 3.98. The maximum absolute atomic E-state index is 12.5. The second-order valence-corrected chi connectivity index (χ2v) is 7.80. The Morgan fingerprint density at radius 2 is 2.04 bits per heavy atom. The molecule has 136 valence electrons. The summed E-state index contributed by atoms with van der Waals surface area (Å²) in [6, 6.07) is 10.9. The second-order valence-electron chi connectivity index (χ2n) is 5.82. The first-order chi connectivity index (χ1) is 13.1. The van der Waals surface area contributed by atoms with Crippen molar-refractivity contribution in [3.63, 3.8) is 0 Å². The molecule has 4 heterocycles. The van der Waals surface area contributed by atoms with E-state index in [9.17, 15) is 9.59 Å². The van der Waals surface area contributed by atoms with Gasteiger partial charge in [0.1, 0.15) is 11.5 Å². The summed E-state index contributed by atoms with van der Waals surface area (Å²) in [4.78, 5) is 33.2. The van der Waals surface area contributed by atoms with Gasteiger partial charge in [0.2, 0.25) is 11.9 Å². The number of carbonyl (C=O) groups is 1. The number of aryl methyl sites for hydroxylation is 1. The summed E-state index contributed by atoms with van der Waals surface area (Å²) >= 11 is 3.07. The largest absolute Gasteiger partial charge is 0.310 e. The van der Waals surface area contributed by atoms with E-state index in [0.29, 0.717) is 17.2 Å². The fourth-order valence-electron chi connectivity index (χ4n) is 2.60. The predicted octanol–water partition coefficient (Wildman–Crippen LogP) is 3.24. The lowest BCUT2D eigenvalue weighted by Gasteiger charge is -2.08. The minimum absolute atomic E-state index is 0.161. The van der Waals surface area contributed by atoms with Crippen LogP contribution in [0.4, 0.5) is 5.82 Å². The highest BCUT2D eigenvalue weighted by Gasteiger charge is 2.16. The van der Waals surface area contributed by atoms with Gasteiger partial charge in [-0.25, -0.2) is 4.98 Å². The van der Waals surface area contributed by atoms with Crippen molar-refractivity contribution in [2.45, 2.75) is 13.3 Å². The Labute approximate surface area is 162 Å². The van der Waals surface area contributed by atoms with Crippen molar-refractivity contribution in [2.75, 3.05) is 5.32 Å². The van der Waals surface area contributed by atoms with Gasteiger partial charge >= 0.3 is 0 Å². The molecule has 0 saturated carbocycles. The summed E-state index contributed by atoms with van der Waals surface area (Å²) in [5.74, 6) is 0.550. The van der Waals surface area contributed by atoms with E-state index in [1.807, 2.05) is 35.0 Å². The minimum atomic E-state index is -0.276. The fraction of sp³-hybridized carbons (Fsp3) is 0.111. The van der Waals surface area contributed by atoms with Crippen LogP contribution in [0.2, 0.25) is 0 Å². The maximum Gasteiger partial charge on any atom is 0.252 e. The maximum atomic E-state index is 12.5. The molecule has 0 spiro atoms. The van der Waals surface area contributed by atoms with E-state index < -0.39 is 0 Å². The molecule has 0 radical (unpaired) electrons. The van der Waals surface area contributed by atoms with E-state index in [1.54, 1.807) is 24.3 Å². The van der Waals surface area contributed by atoms with E-state index >= 15 is 0 Å². The smallest absolute Gasteiger partial charge is 0.252 e. The number of rotatable bonds is 5. The number of H-pyrrole nitrogens is 1. The van der Waals surface area contributed by atoms with Crippen LogP contribution in [-0.4, -0.2) is 25.7 Å². The van der Waals surface area contributed by atoms with Crippen LogP contribution in [0.1, 0.15) is 10.6 Å². The summed E-state index contributed by atoms with van der Waals surface area (Å²) in [5.41, 5.74) is 0.986. The van der Waals surface area contributed by atoms with Gasteiger partial charge in [0, 0.05) is 22.7 Å². The van der Waals surface area contributed by atoms with Crippen LogP contribution < -0.4 is 10.9 Å². The summed E-state index contributed by atoms with van der Waals surface area (Å²) in [6.07, 6.45) is 0.273. The standard InChI is InChI=1S/C18H15N5O2S2/c1-11-8-16(24)21-18(19-11)23-15(10-13(22-23)14-5-3-7-27-14)20-17(25)9-12-4-2-6-26-12/h2-8,10H,9H2,1H3,(H,20,25)(H,19,21,24). The van der Waals surface area contributed by atoms with Crippen molar-refractivity contribution in [1.29, 1.82) is 0 Å². The van der Waals surface area contributed by atoms with Gasteiger partial charge < -0.3 is 5.32 Å². The first kappa shape index (κ1) is 17.4. The van der Waals surface area contributed by atoms with E-state index in [0.717, 1.165) is 9.75 Å². The predicted molar refractivity (Wildman–Crippen MR) is 107 cm³/mol. The molecule has 0 aliphatic carbocycles. The Hall–Kier alpha value is -3.04. The van der Waals surface area contributed by atoms with Crippen LogP contribution in [-0.2, 0) is 11.2 Å². The van der Waals surface area contributed by atoms with Crippen molar-refractivity contribution in [2.24, 2.45) is 0 Å². The third-order valence-corrected chi connectivity index (χ3v) is 5.49. The number of thiophene rings is 2. The first-order valence-corrected chi connectivity index (χ1v) is 9.89. The van der Waals surface area contributed by atoms with Crippen molar-refractivity contribution >= 4 is 34.4 Å². The SMILES string of the molecule is Cc1cc(=O)[nH]c(-n2nc(-c3cccs3)cc2NC(=O)Cc2cccs2)n1. The van der Waals surface area contributed by atoms with Crippen LogP contribution in [0.5, 0.6) is 0 Å². The van der Waals surface area contributed by atoms with Crippen molar-refractivity contribution < 1.29 is 4.79 Å². The number of aromatic nitrogens is 4. The van der Waals surface area contributed by atoms with Gasteiger partial charge in [-0.2, -0.15) is 9.78 Å². The van der Waals surface area contributed by atoms with Gasteiger partial charge in [-0.1, -0.05) is 12.1 Å². The molecule has 27 heavy (non-hydrogen) atoms. The van der Waals surface area contributed by atoms with Crippen molar-refractivity contribution in [3.8, 4) is 16.5 Å². The van der Waals surface area contributed by atoms with Crippen LogP contribution in [0, 0.1) is 6.92 Å². The number of nitrogens with zero attached hydrogens (tertiary/aromatic N) is 3. The molecule has 0 bridgehead atoms. The zero-order chi connectivity index (χ0) is 18.8. The zero-order valence-corrected chi connectivity index (χ0v) is 15.9. The number of aromatic amines is 1. The Balaban J connectivity index is 1.72. The number of hydrogen-bond donors (Lipinski definition) is 2. The van der Waals surface area contributed by atoms with E-state index in [2.05, 4.69) is 20.4 Å². The second kappa shape index (κ2) is 7.29. The van der Waals surface area contributed by atoms with Gasteiger partial charge in [0.15, 0.2) is 0 Å². The molecule has 0 aliphatic rings. The monoisotopic (exact) mass is 397 g/mol. The number of nitrogens with one attached hydrogen (secondary N) is 2. The average molecular weight is 397 g/mol. The third-order valence-electron chi connectivity index (χ3n) is 3.72. The summed E-state index contributed by atoms with van der Waals surface area (Å²) in [5, 5.41) is 11.3. The van der Waals surface area contributed by atoms with E-state index in [4.69, 9.17) is 0 Å². The first-order valence-electron chi connectivity index (χ1n) is 8.13. The number of hydrogen-bond acceptors (Lipinski definition) is 6. The molecule has 1 amide bonds. The summed E-state index contributed by atoms with van der Waals surface area (Å²) in [6.45, 7) is 1.73. The highest BCUT2D eigenvalue weighted by atomic mass is 32.1. The normalized spacial score (nSPS) is 10.9. The van der Waals surface area contributed by atoms with Crippen molar-refractivity contribution in [3.05, 3.63) is 68.1 Å². The van der Waals surface area contributed by atoms with Gasteiger partial charge in [-0.05, 0) is 29.8 Å². The van der Waals surface area contributed by atoms with Crippen molar-refractivity contribution in [1.82, 2.24) is 19.7 Å². The van der Waals surface area contributed by atoms with Crippen LogP contribution in [0.3, 0.4) is 0 Å². The molecule has 0 aromatic carbocycles. The van der Waals surface area contributed by atoms with Crippen LogP contribution >= 0.6 is 22.7 Å². The molecule has 0 aliphatic heterocycles. The summed E-state index contributed by atoms with van der Waals surface area (Å²) in [7, 11) is 0. The van der Waals surface area contributed by atoms with Gasteiger partial charge in [0.25, 0.3) is 5.56 Å². The molecule has 9 heteroatoms. The number of anilines is 1. The topological polar surface area (TPSA) is 92.7 Å². The number of amides is 1. The molecule has 4 rings (SSSR count). The molecule has 4 aromatic heterocycles. The zero-order valence-electron chi connectivity index (χ0n) is 14.3. The molecule has 0 atom stereocenters. The third kappa shape index (κ3) is 3.88. The average Bonchev–Trinajstić information content (AvgIpc) is 3.35. The highest BCUT2D eigenvalue weighted by molar-refractivity contribution is 7.13. The lowest BCUT2D eigenvalue weighted by Crippen LogP contribution is -2.19. The van der Waals surface area contributed by atoms with Crippen LogP contribution in [0.25, 0.3) is 16.5 Å². The molecular weight excluding hydrogens is 382 g/mol. The highest BCUT2D eigenvalue weighted by Crippen LogP contribution is 2.27. The summed E-state index contributed by atoms with van der Waals surface area (Å²) < 4.78 is 1.45. The van der Waals surface area contributed by atoms with Crippen LogP contribution in [0.15, 0.2) is 52.0 Å². The molecule has 7 nitrogen and oxygen atoms in total. The molecule has 0 saturated heterocycles. The lowest BCUT2D eigenvalue weighted by molar-refractivity contribution is -0.115. The molecule has 0 fully saturated rings. The van der Waals surface area contributed by atoms with E-state index in [1.165, 1.54) is 22.1 Å². The molecular formula is C18H15N5O2S2. The molecule has 4 aromatic rings. The Kier molecular flexibility index (Phi) is 4.69. The molecule has 0 unspecified atom stereocenters. The van der Waals surface area contributed by atoms with Gasteiger partial charge in [0.05, 0.1) is 11.3 Å². The van der Waals surface area contributed by atoms with Gasteiger partial charge in [-0.3, -0.25) is 14.6 Å². The Morgan fingerprint density at radius 1 is 1.22 bits per heavy atom. The van der Waals surface area contributed by atoms with E-state index in [-0.39, 0.29) is 23.8 Å².